The van der Waals surface area contributed by atoms with Crippen molar-refractivity contribution < 1.29 is 14.1 Å². The lowest BCUT2D eigenvalue weighted by atomic mass is 10.2. The lowest BCUT2D eigenvalue weighted by Crippen LogP contribution is -2.35. The summed E-state index contributed by atoms with van der Waals surface area (Å²) in [5.74, 6) is 0.603. The van der Waals surface area contributed by atoms with Crippen molar-refractivity contribution in [3.63, 3.8) is 0 Å². The van der Waals surface area contributed by atoms with Crippen molar-refractivity contribution in [2.24, 2.45) is 0 Å². The van der Waals surface area contributed by atoms with Gasteiger partial charge in [0.05, 0.1) is 26.3 Å². The van der Waals surface area contributed by atoms with E-state index >= 15 is 0 Å². The van der Waals surface area contributed by atoms with Crippen LogP contribution in [0.5, 0.6) is 0 Å². The van der Waals surface area contributed by atoms with Crippen LogP contribution in [0.1, 0.15) is 26.7 Å². The highest BCUT2D eigenvalue weighted by molar-refractivity contribution is 7.10. The minimum Gasteiger partial charge on any atom is -0.379 e. The number of carbonyl (C=O) groups is 1. The molecule has 1 saturated heterocycles. The Kier molecular flexibility index (Phi) is 5.09. The molecule has 124 valence electrons. The Labute approximate surface area is 139 Å². The largest absolute Gasteiger partial charge is 0.379 e. The van der Waals surface area contributed by atoms with E-state index in [1.165, 1.54) is 10.4 Å². The summed E-state index contributed by atoms with van der Waals surface area (Å²) in [5.41, 5.74) is 1.58. The van der Waals surface area contributed by atoms with E-state index in [1.54, 1.807) is 29.4 Å². The zero-order valence-electron chi connectivity index (χ0n) is 13.4. The molecule has 0 radical (unpaired) electrons. The Morgan fingerprint density at radius 1 is 1.43 bits per heavy atom. The van der Waals surface area contributed by atoms with Gasteiger partial charge in [0.2, 0.25) is 0 Å². The first-order valence-electron chi connectivity index (χ1n) is 7.67. The first-order valence-corrected chi connectivity index (χ1v) is 8.55. The van der Waals surface area contributed by atoms with Crippen molar-refractivity contribution in [3.8, 4) is 0 Å². The SMILES string of the molecule is Cc1ccsc1CN(C)C(=O)c1cc(CN2CCOCC2)on1. The van der Waals surface area contributed by atoms with Gasteiger partial charge in [0.1, 0.15) is 0 Å². The molecule has 2 aromatic heterocycles. The molecule has 0 aromatic carbocycles. The van der Waals surface area contributed by atoms with Gasteiger partial charge in [-0.05, 0) is 23.9 Å². The number of morpholine rings is 1. The van der Waals surface area contributed by atoms with Gasteiger partial charge in [-0.3, -0.25) is 9.69 Å². The fourth-order valence-corrected chi connectivity index (χ4v) is 3.48. The molecule has 0 N–H and O–H groups in total. The average molecular weight is 335 g/mol. The summed E-state index contributed by atoms with van der Waals surface area (Å²) in [6.07, 6.45) is 0. The van der Waals surface area contributed by atoms with Crippen LogP contribution in [0.25, 0.3) is 0 Å². The van der Waals surface area contributed by atoms with Crippen LogP contribution in [-0.4, -0.2) is 54.2 Å². The normalized spacial score (nSPS) is 15.7. The predicted molar refractivity (Wildman–Crippen MR) is 87.5 cm³/mol. The Morgan fingerprint density at radius 3 is 2.91 bits per heavy atom. The van der Waals surface area contributed by atoms with Crippen molar-refractivity contribution in [1.82, 2.24) is 15.0 Å². The third kappa shape index (κ3) is 3.99. The fraction of sp³-hybridized carbons (Fsp3) is 0.500. The molecule has 0 atom stereocenters. The van der Waals surface area contributed by atoms with Crippen LogP contribution >= 0.6 is 11.3 Å². The monoisotopic (exact) mass is 335 g/mol. The van der Waals surface area contributed by atoms with E-state index in [0.29, 0.717) is 18.8 Å². The Morgan fingerprint density at radius 2 is 2.22 bits per heavy atom. The van der Waals surface area contributed by atoms with Crippen LogP contribution in [0, 0.1) is 6.92 Å². The maximum atomic E-state index is 12.5. The highest BCUT2D eigenvalue weighted by Gasteiger charge is 2.20. The van der Waals surface area contributed by atoms with E-state index in [2.05, 4.69) is 23.0 Å². The van der Waals surface area contributed by atoms with Crippen molar-refractivity contribution in [2.45, 2.75) is 20.0 Å². The molecule has 3 heterocycles. The van der Waals surface area contributed by atoms with E-state index < -0.39 is 0 Å². The van der Waals surface area contributed by atoms with E-state index in [4.69, 9.17) is 9.26 Å². The average Bonchev–Trinajstić information content (AvgIpc) is 3.17. The Hall–Kier alpha value is -1.70. The van der Waals surface area contributed by atoms with Gasteiger partial charge in [-0.15, -0.1) is 11.3 Å². The molecule has 6 nitrogen and oxygen atoms in total. The van der Waals surface area contributed by atoms with Gasteiger partial charge in [0.25, 0.3) is 5.91 Å². The Bertz CT molecular complexity index is 661. The smallest absolute Gasteiger partial charge is 0.276 e. The summed E-state index contributed by atoms with van der Waals surface area (Å²) < 4.78 is 10.6. The number of hydrogen-bond donors (Lipinski definition) is 0. The molecule has 0 aliphatic carbocycles. The van der Waals surface area contributed by atoms with Crippen molar-refractivity contribution >= 4 is 17.2 Å². The summed E-state index contributed by atoms with van der Waals surface area (Å²) >= 11 is 1.66. The summed E-state index contributed by atoms with van der Waals surface area (Å²) in [7, 11) is 1.79. The van der Waals surface area contributed by atoms with Crippen molar-refractivity contribution in [2.75, 3.05) is 33.4 Å². The summed E-state index contributed by atoms with van der Waals surface area (Å²) in [4.78, 5) is 17.6. The number of rotatable bonds is 5. The van der Waals surface area contributed by atoms with Crippen molar-refractivity contribution in [1.29, 1.82) is 0 Å². The minimum absolute atomic E-state index is 0.116. The molecule has 0 spiro atoms. The third-order valence-corrected chi connectivity index (χ3v) is 4.96. The lowest BCUT2D eigenvalue weighted by molar-refractivity contribution is 0.0305. The number of hydrogen-bond acceptors (Lipinski definition) is 6. The van der Waals surface area contributed by atoms with E-state index in [0.717, 1.165) is 32.1 Å². The molecule has 1 aliphatic rings. The topological polar surface area (TPSA) is 58.8 Å². The molecule has 3 rings (SSSR count). The number of nitrogens with zero attached hydrogens (tertiary/aromatic N) is 3. The van der Waals surface area contributed by atoms with Gasteiger partial charge in [0.15, 0.2) is 11.5 Å². The standard InChI is InChI=1S/C16H21N3O3S/c1-12-3-8-23-15(12)11-18(2)16(20)14-9-13(22-17-14)10-19-4-6-21-7-5-19/h3,8-9H,4-7,10-11H2,1-2H3. The van der Waals surface area contributed by atoms with Crippen LogP contribution in [0.2, 0.25) is 0 Å². The van der Waals surface area contributed by atoms with Gasteiger partial charge in [-0.2, -0.15) is 0 Å². The second-order valence-electron chi connectivity index (χ2n) is 5.75. The molecule has 1 aliphatic heterocycles. The number of ether oxygens (including phenoxy) is 1. The number of aryl methyl sites for hydroxylation is 1. The van der Waals surface area contributed by atoms with Crippen LogP contribution in [0.3, 0.4) is 0 Å². The number of aromatic nitrogens is 1. The van der Waals surface area contributed by atoms with E-state index in [1.807, 2.05) is 5.38 Å². The van der Waals surface area contributed by atoms with Gasteiger partial charge in [-0.1, -0.05) is 5.16 Å². The maximum Gasteiger partial charge on any atom is 0.276 e. The number of thiophene rings is 1. The quantitative estimate of drug-likeness (QED) is 0.838. The molecular formula is C16H21N3O3S. The molecule has 2 aromatic rings. The van der Waals surface area contributed by atoms with Crippen LogP contribution in [-0.2, 0) is 17.8 Å². The fourth-order valence-electron chi connectivity index (χ4n) is 2.52. The number of carbonyl (C=O) groups excluding carboxylic acids is 1. The molecule has 1 fully saturated rings. The molecule has 0 bridgehead atoms. The molecule has 0 unspecified atom stereocenters. The third-order valence-electron chi connectivity index (χ3n) is 3.96. The van der Waals surface area contributed by atoms with Crippen LogP contribution in [0.4, 0.5) is 0 Å². The highest BCUT2D eigenvalue weighted by atomic mass is 32.1. The van der Waals surface area contributed by atoms with Gasteiger partial charge < -0.3 is 14.2 Å². The second-order valence-corrected chi connectivity index (χ2v) is 6.76. The first-order chi connectivity index (χ1) is 11.1. The molecule has 7 heteroatoms. The lowest BCUT2D eigenvalue weighted by Gasteiger charge is -2.25. The van der Waals surface area contributed by atoms with Crippen LogP contribution < -0.4 is 0 Å². The Balaban J connectivity index is 1.60. The molecule has 0 saturated carbocycles. The highest BCUT2D eigenvalue weighted by Crippen LogP contribution is 2.18. The predicted octanol–water partition coefficient (Wildman–Crippen LogP) is 2.15. The van der Waals surface area contributed by atoms with Gasteiger partial charge >= 0.3 is 0 Å². The molecule has 1 amide bonds. The second kappa shape index (κ2) is 7.25. The van der Waals surface area contributed by atoms with Gasteiger partial charge in [0, 0.05) is 31.1 Å². The number of amides is 1. The first kappa shape index (κ1) is 16.2. The van der Waals surface area contributed by atoms with E-state index in [-0.39, 0.29) is 5.91 Å². The molecule has 23 heavy (non-hydrogen) atoms. The minimum atomic E-state index is -0.116. The van der Waals surface area contributed by atoms with Gasteiger partial charge in [-0.25, -0.2) is 0 Å². The van der Waals surface area contributed by atoms with Crippen molar-refractivity contribution in [3.05, 3.63) is 39.4 Å². The summed E-state index contributed by atoms with van der Waals surface area (Å²) in [6.45, 7) is 6.54. The maximum absolute atomic E-state index is 12.5. The zero-order chi connectivity index (χ0) is 16.2. The molecular weight excluding hydrogens is 314 g/mol. The van der Waals surface area contributed by atoms with E-state index in [9.17, 15) is 4.79 Å². The summed E-state index contributed by atoms with van der Waals surface area (Å²) in [6, 6.07) is 3.81. The zero-order valence-corrected chi connectivity index (χ0v) is 14.3. The summed E-state index contributed by atoms with van der Waals surface area (Å²) in [5, 5.41) is 5.97. The van der Waals surface area contributed by atoms with Crippen LogP contribution in [0.15, 0.2) is 22.0 Å².